The Kier molecular flexibility index (Phi) is 4.51. The summed E-state index contributed by atoms with van der Waals surface area (Å²) in [5.74, 6) is -0.286. The zero-order valence-corrected chi connectivity index (χ0v) is 10.5. The van der Waals surface area contributed by atoms with Gasteiger partial charge in [0.1, 0.15) is 5.69 Å². The molecule has 1 aromatic rings. The number of nitrogens with zero attached hydrogens (tertiary/aromatic N) is 2. The number of anilines is 1. The van der Waals surface area contributed by atoms with Gasteiger partial charge in [-0.25, -0.2) is 0 Å². The third-order valence-electron chi connectivity index (χ3n) is 2.74. The Bertz CT molecular complexity index is 396. The average Bonchev–Trinajstić information content (AvgIpc) is 2.62. The van der Waals surface area contributed by atoms with Crippen LogP contribution >= 0.6 is 0 Å². The first-order valence-corrected chi connectivity index (χ1v) is 5.79. The summed E-state index contributed by atoms with van der Waals surface area (Å²) in [7, 11) is 0. The van der Waals surface area contributed by atoms with Gasteiger partial charge in [-0.3, -0.25) is 9.48 Å². The van der Waals surface area contributed by atoms with Crippen LogP contribution in [0.1, 0.15) is 36.5 Å². The Hall–Kier alpha value is -1.56. The SMILES string of the molecule is CCC(CO)NC(=O)c1c(N)c(C)nn1CC. The van der Waals surface area contributed by atoms with E-state index in [4.69, 9.17) is 10.8 Å². The fraction of sp³-hybridized carbons (Fsp3) is 0.636. The van der Waals surface area contributed by atoms with E-state index in [0.717, 1.165) is 0 Å². The number of aryl methyl sites for hydroxylation is 2. The van der Waals surface area contributed by atoms with Crippen molar-refractivity contribution < 1.29 is 9.90 Å². The van der Waals surface area contributed by atoms with Gasteiger partial charge in [0.05, 0.1) is 24.0 Å². The number of carbonyl (C=O) groups excluding carboxylic acids is 1. The quantitative estimate of drug-likeness (QED) is 0.689. The van der Waals surface area contributed by atoms with Gasteiger partial charge in [-0.2, -0.15) is 5.10 Å². The molecule has 1 rings (SSSR count). The Balaban J connectivity index is 2.95. The highest BCUT2D eigenvalue weighted by atomic mass is 16.3. The number of carbonyl (C=O) groups is 1. The lowest BCUT2D eigenvalue weighted by molar-refractivity contribution is 0.0905. The van der Waals surface area contributed by atoms with Crippen LogP contribution in [0, 0.1) is 6.92 Å². The normalized spacial score (nSPS) is 12.5. The lowest BCUT2D eigenvalue weighted by Crippen LogP contribution is -2.38. The summed E-state index contributed by atoms with van der Waals surface area (Å²) in [4.78, 5) is 12.0. The predicted octanol–water partition coefficient (Wildman–Crippen LogP) is 0.294. The van der Waals surface area contributed by atoms with Gasteiger partial charge in [-0.05, 0) is 20.3 Å². The molecule has 6 nitrogen and oxygen atoms in total. The highest BCUT2D eigenvalue weighted by molar-refractivity contribution is 5.98. The molecule has 1 heterocycles. The molecule has 4 N–H and O–H groups in total. The monoisotopic (exact) mass is 240 g/mol. The number of nitrogens with one attached hydrogen (secondary N) is 1. The summed E-state index contributed by atoms with van der Waals surface area (Å²) >= 11 is 0. The maximum absolute atomic E-state index is 12.0. The topological polar surface area (TPSA) is 93.2 Å². The fourth-order valence-corrected chi connectivity index (χ4v) is 1.59. The van der Waals surface area contributed by atoms with E-state index in [0.29, 0.717) is 30.0 Å². The summed E-state index contributed by atoms with van der Waals surface area (Å²) in [5.41, 5.74) is 7.25. The lowest BCUT2D eigenvalue weighted by atomic mass is 10.2. The minimum absolute atomic E-state index is 0.0820. The molecule has 0 aliphatic rings. The maximum Gasteiger partial charge on any atom is 0.272 e. The van der Waals surface area contributed by atoms with Crippen LogP contribution in [0.25, 0.3) is 0 Å². The molecule has 17 heavy (non-hydrogen) atoms. The Morgan fingerprint density at radius 1 is 1.59 bits per heavy atom. The number of rotatable bonds is 5. The first-order valence-electron chi connectivity index (χ1n) is 5.79. The van der Waals surface area contributed by atoms with Crippen molar-refractivity contribution in [1.82, 2.24) is 15.1 Å². The molecule has 1 aromatic heterocycles. The Morgan fingerprint density at radius 2 is 2.24 bits per heavy atom. The maximum atomic E-state index is 12.0. The number of hydrogen-bond acceptors (Lipinski definition) is 4. The zero-order valence-electron chi connectivity index (χ0n) is 10.5. The van der Waals surface area contributed by atoms with E-state index in [2.05, 4.69) is 10.4 Å². The second kappa shape index (κ2) is 5.67. The van der Waals surface area contributed by atoms with Crippen LogP contribution in [0.4, 0.5) is 5.69 Å². The molecule has 0 aliphatic carbocycles. The fourth-order valence-electron chi connectivity index (χ4n) is 1.59. The Morgan fingerprint density at radius 3 is 2.71 bits per heavy atom. The van der Waals surface area contributed by atoms with E-state index in [9.17, 15) is 4.79 Å². The van der Waals surface area contributed by atoms with E-state index in [1.54, 1.807) is 11.6 Å². The first kappa shape index (κ1) is 13.5. The number of aliphatic hydroxyl groups is 1. The number of aliphatic hydroxyl groups excluding tert-OH is 1. The smallest absolute Gasteiger partial charge is 0.272 e. The molecule has 1 unspecified atom stereocenters. The van der Waals surface area contributed by atoms with E-state index < -0.39 is 0 Å². The van der Waals surface area contributed by atoms with Crippen LogP contribution in [0.5, 0.6) is 0 Å². The first-order chi connectivity index (χ1) is 8.04. The number of nitrogen functional groups attached to an aromatic ring is 1. The van der Waals surface area contributed by atoms with E-state index in [-0.39, 0.29) is 18.6 Å². The molecular weight excluding hydrogens is 220 g/mol. The molecule has 1 atom stereocenters. The second-order valence-corrected chi connectivity index (χ2v) is 3.92. The molecule has 0 fully saturated rings. The van der Waals surface area contributed by atoms with Crippen LogP contribution < -0.4 is 11.1 Å². The van der Waals surface area contributed by atoms with Crippen LogP contribution in [0.15, 0.2) is 0 Å². The van der Waals surface area contributed by atoms with Crippen molar-refractivity contribution in [2.45, 2.75) is 39.8 Å². The van der Waals surface area contributed by atoms with Gasteiger partial charge in [-0.1, -0.05) is 6.92 Å². The third kappa shape index (κ3) is 2.76. The second-order valence-electron chi connectivity index (χ2n) is 3.92. The number of hydrogen-bond donors (Lipinski definition) is 3. The molecule has 0 bridgehead atoms. The molecular formula is C11H20N4O2. The van der Waals surface area contributed by atoms with Gasteiger partial charge in [0.2, 0.25) is 0 Å². The minimum Gasteiger partial charge on any atom is -0.395 e. The highest BCUT2D eigenvalue weighted by Gasteiger charge is 2.20. The standard InChI is InChI=1S/C11H20N4O2/c1-4-8(6-16)13-11(17)10-9(12)7(3)14-15(10)5-2/h8,16H,4-6,12H2,1-3H3,(H,13,17). The van der Waals surface area contributed by atoms with Gasteiger partial charge in [0.25, 0.3) is 5.91 Å². The van der Waals surface area contributed by atoms with Gasteiger partial charge in [0, 0.05) is 6.54 Å². The van der Waals surface area contributed by atoms with Crippen molar-refractivity contribution in [3.63, 3.8) is 0 Å². The summed E-state index contributed by atoms with van der Waals surface area (Å²) in [5, 5.41) is 16.0. The predicted molar refractivity (Wildman–Crippen MR) is 65.7 cm³/mol. The van der Waals surface area contributed by atoms with Gasteiger partial charge >= 0.3 is 0 Å². The van der Waals surface area contributed by atoms with E-state index >= 15 is 0 Å². The molecule has 0 radical (unpaired) electrons. The number of aromatic nitrogens is 2. The molecule has 6 heteroatoms. The minimum atomic E-state index is -0.286. The summed E-state index contributed by atoms with van der Waals surface area (Å²) in [6.45, 7) is 6.05. The van der Waals surface area contributed by atoms with Gasteiger partial charge in [-0.15, -0.1) is 0 Å². The van der Waals surface area contributed by atoms with Gasteiger partial charge in [0.15, 0.2) is 0 Å². The largest absolute Gasteiger partial charge is 0.395 e. The molecule has 0 saturated heterocycles. The summed E-state index contributed by atoms with van der Waals surface area (Å²) < 4.78 is 1.57. The van der Waals surface area contributed by atoms with Crippen molar-refractivity contribution in [3.8, 4) is 0 Å². The van der Waals surface area contributed by atoms with Crippen molar-refractivity contribution in [2.24, 2.45) is 0 Å². The average molecular weight is 240 g/mol. The molecule has 0 aliphatic heterocycles. The van der Waals surface area contributed by atoms with Crippen LogP contribution in [-0.4, -0.2) is 33.4 Å². The van der Waals surface area contributed by atoms with E-state index in [1.165, 1.54) is 0 Å². The third-order valence-corrected chi connectivity index (χ3v) is 2.74. The van der Waals surface area contributed by atoms with Gasteiger partial charge < -0.3 is 16.2 Å². The van der Waals surface area contributed by atoms with Crippen molar-refractivity contribution in [2.75, 3.05) is 12.3 Å². The summed E-state index contributed by atoms with van der Waals surface area (Å²) in [6, 6.07) is -0.248. The number of nitrogens with two attached hydrogens (primary N) is 1. The molecule has 0 spiro atoms. The molecule has 0 saturated carbocycles. The van der Waals surface area contributed by atoms with Crippen LogP contribution in [0.3, 0.4) is 0 Å². The summed E-state index contributed by atoms with van der Waals surface area (Å²) in [6.07, 6.45) is 0.668. The molecule has 96 valence electrons. The lowest BCUT2D eigenvalue weighted by Gasteiger charge is -2.14. The van der Waals surface area contributed by atoms with Crippen LogP contribution in [0.2, 0.25) is 0 Å². The van der Waals surface area contributed by atoms with Crippen molar-refractivity contribution >= 4 is 11.6 Å². The van der Waals surface area contributed by atoms with Crippen LogP contribution in [-0.2, 0) is 6.54 Å². The van der Waals surface area contributed by atoms with Crippen molar-refractivity contribution in [1.29, 1.82) is 0 Å². The molecule has 0 aromatic carbocycles. The van der Waals surface area contributed by atoms with Crippen molar-refractivity contribution in [3.05, 3.63) is 11.4 Å². The Labute approximate surface area is 101 Å². The zero-order chi connectivity index (χ0) is 13.0. The number of amides is 1. The highest BCUT2D eigenvalue weighted by Crippen LogP contribution is 2.16. The van der Waals surface area contributed by atoms with E-state index in [1.807, 2.05) is 13.8 Å². The molecule has 1 amide bonds.